The standard InChI is InChI=1S/C7H13NO2/c1-6(9)4-7(10)5-8(2)3/h4-6,9H,1-3H3/p+1. The molecule has 0 aliphatic carbocycles. The van der Waals surface area contributed by atoms with Crippen molar-refractivity contribution in [1.29, 1.82) is 0 Å². The molecular weight excluding hydrogens is 130 g/mol. The van der Waals surface area contributed by atoms with Crippen LogP contribution in [0.3, 0.4) is 0 Å². The molecule has 0 heterocycles. The summed E-state index contributed by atoms with van der Waals surface area (Å²) in [6.07, 6.45) is 2.28. The molecule has 0 amide bonds. The van der Waals surface area contributed by atoms with E-state index >= 15 is 0 Å². The summed E-state index contributed by atoms with van der Waals surface area (Å²) >= 11 is 0. The molecular formula is C7H14NO2+. The quantitative estimate of drug-likeness (QED) is 0.329. The van der Waals surface area contributed by atoms with Gasteiger partial charge in [0, 0.05) is 0 Å². The van der Waals surface area contributed by atoms with Crippen molar-refractivity contribution in [2.24, 2.45) is 0 Å². The van der Waals surface area contributed by atoms with Gasteiger partial charge in [0.15, 0.2) is 5.76 Å². The predicted molar refractivity (Wildman–Crippen MR) is 40.6 cm³/mol. The summed E-state index contributed by atoms with van der Waals surface area (Å²) in [5.74, 6) is 0.0833. The third-order valence-electron chi connectivity index (χ3n) is 0.802. The molecule has 0 aliphatic heterocycles. The van der Waals surface area contributed by atoms with Crippen LogP contribution in [0.15, 0.2) is 11.8 Å². The predicted octanol–water partition coefficient (Wildman–Crippen LogP) is 0.152. The van der Waals surface area contributed by atoms with Crippen molar-refractivity contribution in [3.8, 4) is 0 Å². The van der Waals surface area contributed by atoms with Crippen molar-refractivity contribution in [2.75, 3.05) is 14.1 Å². The van der Waals surface area contributed by atoms with Crippen LogP contribution < -0.4 is 0 Å². The highest BCUT2D eigenvalue weighted by atomic mass is 16.3. The van der Waals surface area contributed by atoms with Crippen LogP contribution in [0.25, 0.3) is 0 Å². The highest BCUT2D eigenvalue weighted by molar-refractivity contribution is 5.70. The van der Waals surface area contributed by atoms with Crippen LogP contribution in [0.4, 0.5) is 0 Å². The van der Waals surface area contributed by atoms with Crippen molar-refractivity contribution in [3.05, 3.63) is 11.8 Å². The van der Waals surface area contributed by atoms with Crippen molar-refractivity contribution < 1.29 is 14.8 Å². The largest absolute Gasteiger partial charge is 0.503 e. The number of hydrogen-bond donors (Lipinski definition) is 2. The molecule has 0 spiro atoms. The van der Waals surface area contributed by atoms with E-state index in [9.17, 15) is 0 Å². The first-order valence-corrected chi connectivity index (χ1v) is 3.12. The Morgan fingerprint density at radius 2 is 2.00 bits per heavy atom. The number of aliphatic hydroxyl groups is 2. The minimum absolute atomic E-state index is 0.0833. The van der Waals surface area contributed by atoms with Gasteiger partial charge in [0.2, 0.25) is 6.21 Å². The molecule has 0 saturated carbocycles. The summed E-state index contributed by atoms with van der Waals surface area (Å²) < 4.78 is 1.70. The van der Waals surface area contributed by atoms with Crippen molar-refractivity contribution >= 4 is 6.21 Å². The van der Waals surface area contributed by atoms with Gasteiger partial charge < -0.3 is 10.2 Å². The molecule has 0 fully saturated rings. The van der Waals surface area contributed by atoms with E-state index in [1.165, 1.54) is 12.3 Å². The smallest absolute Gasteiger partial charge is 0.204 e. The number of nitrogens with zero attached hydrogens (tertiary/aromatic N) is 1. The topological polar surface area (TPSA) is 43.5 Å². The van der Waals surface area contributed by atoms with E-state index in [2.05, 4.69) is 0 Å². The second-order valence-corrected chi connectivity index (χ2v) is 2.42. The summed E-state index contributed by atoms with van der Waals surface area (Å²) in [4.78, 5) is 0. The number of allylic oxidation sites excluding steroid dienone is 1. The van der Waals surface area contributed by atoms with Crippen LogP contribution in [0, 0.1) is 0 Å². The third-order valence-corrected chi connectivity index (χ3v) is 0.802. The fourth-order valence-corrected chi connectivity index (χ4v) is 0.555. The molecule has 10 heavy (non-hydrogen) atoms. The first kappa shape index (κ1) is 9.17. The Hall–Kier alpha value is -0.830. The van der Waals surface area contributed by atoms with Gasteiger partial charge in [0.1, 0.15) is 14.1 Å². The van der Waals surface area contributed by atoms with Crippen LogP contribution in [-0.4, -0.2) is 41.2 Å². The second-order valence-electron chi connectivity index (χ2n) is 2.42. The molecule has 0 rings (SSSR count). The van der Waals surface area contributed by atoms with Crippen LogP contribution in [0.1, 0.15) is 6.92 Å². The lowest BCUT2D eigenvalue weighted by Crippen LogP contribution is -2.03. The van der Waals surface area contributed by atoms with Gasteiger partial charge in [0.25, 0.3) is 0 Å². The summed E-state index contributed by atoms with van der Waals surface area (Å²) in [7, 11) is 3.60. The van der Waals surface area contributed by atoms with Gasteiger partial charge in [0.05, 0.1) is 6.10 Å². The van der Waals surface area contributed by atoms with Crippen LogP contribution >= 0.6 is 0 Å². The van der Waals surface area contributed by atoms with E-state index in [1.54, 1.807) is 25.6 Å². The molecule has 0 radical (unpaired) electrons. The van der Waals surface area contributed by atoms with E-state index in [0.717, 1.165) is 0 Å². The maximum Gasteiger partial charge on any atom is 0.204 e. The van der Waals surface area contributed by atoms with E-state index in [1.807, 2.05) is 0 Å². The normalized spacial score (nSPS) is 14.6. The van der Waals surface area contributed by atoms with Crippen LogP contribution in [0.5, 0.6) is 0 Å². The molecule has 3 nitrogen and oxygen atoms in total. The maximum absolute atomic E-state index is 8.99. The Labute approximate surface area is 60.9 Å². The fourth-order valence-electron chi connectivity index (χ4n) is 0.555. The molecule has 1 unspecified atom stereocenters. The van der Waals surface area contributed by atoms with E-state index in [4.69, 9.17) is 10.2 Å². The molecule has 0 aromatic rings. The minimum atomic E-state index is -0.601. The van der Waals surface area contributed by atoms with Crippen molar-refractivity contribution in [3.63, 3.8) is 0 Å². The Morgan fingerprint density at radius 3 is 2.30 bits per heavy atom. The first-order valence-electron chi connectivity index (χ1n) is 3.12. The third kappa shape index (κ3) is 5.31. The lowest BCUT2D eigenvalue weighted by atomic mass is 10.3. The minimum Gasteiger partial charge on any atom is -0.503 e. The molecule has 1 atom stereocenters. The van der Waals surface area contributed by atoms with Gasteiger partial charge >= 0.3 is 0 Å². The molecule has 58 valence electrons. The van der Waals surface area contributed by atoms with Gasteiger partial charge in [-0.25, -0.2) is 4.58 Å². The summed E-state index contributed by atoms with van der Waals surface area (Å²) in [6.45, 7) is 1.58. The molecule has 3 heteroatoms. The number of rotatable bonds is 2. The van der Waals surface area contributed by atoms with Gasteiger partial charge in [-0.05, 0) is 13.0 Å². The van der Waals surface area contributed by atoms with Gasteiger partial charge in [-0.1, -0.05) is 0 Å². The zero-order valence-electron chi connectivity index (χ0n) is 6.57. The SMILES string of the molecule is CC(O)C=C(O)C=[N+](C)C. The van der Waals surface area contributed by atoms with Gasteiger partial charge in [-0.2, -0.15) is 0 Å². The average molecular weight is 144 g/mol. The summed E-state index contributed by atoms with van der Waals surface area (Å²) in [5.41, 5.74) is 0. The molecule has 0 aliphatic rings. The Balaban J connectivity index is 4.08. The highest BCUT2D eigenvalue weighted by Gasteiger charge is 1.95. The van der Waals surface area contributed by atoms with E-state index < -0.39 is 6.10 Å². The van der Waals surface area contributed by atoms with Crippen LogP contribution in [-0.2, 0) is 0 Å². The Kier molecular flexibility index (Phi) is 3.72. The summed E-state index contributed by atoms with van der Waals surface area (Å²) in [5, 5.41) is 17.8. The van der Waals surface area contributed by atoms with E-state index in [-0.39, 0.29) is 5.76 Å². The zero-order valence-corrected chi connectivity index (χ0v) is 6.57. The van der Waals surface area contributed by atoms with Gasteiger partial charge in [-0.15, -0.1) is 0 Å². The van der Waals surface area contributed by atoms with Crippen molar-refractivity contribution in [2.45, 2.75) is 13.0 Å². The maximum atomic E-state index is 8.99. The van der Waals surface area contributed by atoms with Crippen LogP contribution in [0.2, 0.25) is 0 Å². The Bertz CT molecular complexity index is 155. The monoisotopic (exact) mass is 144 g/mol. The average Bonchev–Trinajstić information content (AvgIpc) is 1.58. The number of hydrogen-bond acceptors (Lipinski definition) is 2. The first-order chi connectivity index (χ1) is 4.52. The highest BCUT2D eigenvalue weighted by Crippen LogP contribution is 1.87. The molecule has 0 bridgehead atoms. The number of aliphatic hydroxyl groups excluding tert-OH is 2. The molecule has 0 aromatic carbocycles. The Morgan fingerprint density at radius 1 is 1.50 bits per heavy atom. The zero-order chi connectivity index (χ0) is 8.15. The molecule has 0 saturated heterocycles. The lowest BCUT2D eigenvalue weighted by Gasteiger charge is -1.93. The molecule has 0 aromatic heterocycles. The van der Waals surface area contributed by atoms with Crippen molar-refractivity contribution in [1.82, 2.24) is 0 Å². The lowest BCUT2D eigenvalue weighted by molar-refractivity contribution is -0.459. The fraction of sp³-hybridized carbons (Fsp3) is 0.571. The second kappa shape index (κ2) is 4.06. The molecule has 2 N–H and O–H groups in total. The van der Waals surface area contributed by atoms with Gasteiger partial charge in [-0.3, -0.25) is 0 Å². The summed E-state index contributed by atoms with van der Waals surface area (Å²) in [6, 6.07) is 0. The van der Waals surface area contributed by atoms with E-state index in [0.29, 0.717) is 0 Å².